The van der Waals surface area contributed by atoms with E-state index in [9.17, 15) is 31.5 Å². The van der Waals surface area contributed by atoms with Crippen LogP contribution in [0.15, 0.2) is 35.5 Å². The van der Waals surface area contributed by atoms with Crippen molar-refractivity contribution in [2.24, 2.45) is 0 Å². The largest absolute Gasteiger partial charge is 0.416 e. The van der Waals surface area contributed by atoms with E-state index in [4.69, 9.17) is 0 Å². The summed E-state index contributed by atoms with van der Waals surface area (Å²) in [7, 11) is 0. The zero-order chi connectivity index (χ0) is 20.8. The lowest BCUT2D eigenvalue weighted by Gasteiger charge is -2.21. The first-order valence-corrected chi connectivity index (χ1v) is 8.38. The fourth-order valence-corrected chi connectivity index (χ4v) is 3.28. The lowest BCUT2D eigenvalue weighted by Crippen LogP contribution is -2.26. The zero-order valence-electron chi connectivity index (χ0n) is 14.9. The van der Waals surface area contributed by atoms with Gasteiger partial charge in [-0.3, -0.25) is 14.6 Å². The van der Waals surface area contributed by atoms with Crippen molar-refractivity contribution in [3.05, 3.63) is 75.1 Å². The number of aromatic nitrogens is 1. The Morgan fingerprint density at radius 3 is 2.00 bits per heavy atom. The molecule has 1 aliphatic carbocycles. The van der Waals surface area contributed by atoms with Gasteiger partial charge in [-0.2, -0.15) is 13.2 Å². The standard InChI is InChI=1S/C20H14F5NO2/c1-3-11-12(6-10-7-13(20(23,24)25)9(2)8-26-10)19(28)17-15(22)5-4-14(21)16(17)18(11)27/h4-5,7-8H,3,6H2,1-2H3. The van der Waals surface area contributed by atoms with E-state index in [0.717, 1.165) is 24.4 Å². The van der Waals surface area contributed by atoms with Crippen LogP contribution in [0.1, 0.15) is 50.9 Å². The van der Waals surface area contributed by atoms with Crippen molar-refractivity contribution in [3.8, 4) is 0 Å². The van der Waals surface area contributed by atoms with Crippen LogP contribution in [0.2, 0.25) is 0 Å². The summed E-state index contributed by atoms with van der Waals surface area (Å²) in [6, 6.07) is 2.29. The van der Waals surface area contributed by atoms with E-state index in [2.05, 4.69) is 4.98 Å². The molecule has 1 aromatic carbocycles. The predicted octanol–water partition coefficient (Wildman–Crippen LogP) is 5.02. The highest BCUT2D eigenvalue weighted by atomic mass is 19.4. The third-order valence-electron chi connectivity index (χ3n) is 4.65. The van der Waals surface area contributed by atoms with E-state index in [1.807, 2.05) is 0 Å². The number of pyridine rings is 1. The SMILES string of the molecule is CCC1=C(Cc2cc(C(F)(F)F)c(C)cn2)C(=O)c2c(F)ccc(F)c2C1=O. The third-order valence-corrected chi connectivity index (χ3v) is 4.65. The van der Waals surface area contributed by atoms with E-state index in [0.29, 0.717) is 0 Å². The van der Waals surface area contributed by atoms with Crippen molar-refractivity contribution in [2.45, 2.75) is 32.9 Å². The number of aryl methyl sites for hydroxylation is 1. The van der Waals surface area contributed by atoms with Gasteiger partial charge in [0.05, 0.1) is 16.7 Å². The Bertz CT molecular complexity index is 1040. The van der Waals surface area contributed by atoms with Crippen LogP contribution in [0, 0.1) is 18.6 Å². The minimum atomic E-state index is -4.61. The Balaban J connectivity index is 2.13. The molecule has 0 unspecified atom stereocenters. The Morgan fingerprint density at radius 1 is 0.964 bits per heavy atom. The highest BCUT2D eigenvalue weighted by molar-refractivity contribution is 6.27. The number of hydrogen-bond acceptors (Lipinski definition) is 3. The molecule has 8 heteroatoms. The number of alkyl halides is 3. The van der Waals surface area contributed by atoms with Gasteiger partial charge in [0.25, 0.3) is 0 Å². The molecule has 0 bridgehead atoms. The molecule has 3 nitrogen and oxygen atoms in total. The number of carbonyl (C=O) groups is 2. The number of Topliss-reactive ketones (excluding diaryl/α,β-unsaturated/α-hetero) is 2. The first-order chi connectivity index (χ1) is 13.1. The molecule has 0 fully saturated rings. The van der Waals surface area contributed by atoms with E-state index < -0.39 is 52.5 Å². The normalized spacial score (nSPS) is 14.5. The molecule has 146 valence electrons. The summed E-state index contributed by atoms with van der Waals surface area (Å²) in [5.74, 6) is -3.84. The van der Waals surface area contributed by atoms with Gasteiger partial charge in [0.1, 0.15) is 11.6 Å². The number of benzene rings is 1. The van der Waals surface area contributed by atoms with Gasteiger partial charge in [0.15, 0.2) is 11.6 Å². The number of fused-ring (bicyclic) bond motifs is 1. The summed E-state index contributed by atoms with van der Waals surface area (Å²) >= 11 is 0. The van der Waals surface area contributed by atoms with E-state index in [1.54, 1.807) is 6.92 Å². The topological polar surface area (TPSA) is 47.0 Å². The quantitative estimate of drug-likeness (QED) is 0.686. The van der Waals surface area contributed by atoms with Crippen molar-refractivity contribution < 1.29 is 31.5 Å². The fraction of sp³-hybridized carbons (Fsp3) is 0.250. The number of carbonyl (C=O) groups excluding carboxylic acids is 2. The smallest absolute Gasteiger partial charge is 0.289 e. The van der Waals surface area contributed by atoms with Crippen LogP contribution in [0.3, 0.4) is 0 Å². The van der Waals surface area contributed by atoms with E-state index >= 15 is 0 Å². The molecule has 0 spiro atoms. The van der Waals surface area contributed by atoms with E-state index in [1.165, 1.54) is 6.92 Å². The van der Waals surface area contributed by atoms with Crippen LogP contribution in [0.5, 0.6) is 0 Å². The summed E-state index contributed by atoms with van der Waals surface area (Å²) in [6.45, 7) is 2.80. The van der Waals surface area contributed by atoms with Gasteiger partial charge in [0.2, 0.25) is 0 Å². The Morgan fingerprint density at radius 2 is 1.50 bits per heavy atom. The second kappa shape index (κ2) is 6.92. The summed E-state index contributed by atoms with van der Waals surface area (Å²) in [4.78, 5) is 29.3. The number of halogens is 5. The Kier molecular flexibility index (Phi) is 4.91. The van der Waals surface area contributed by atoms with Gasteiger partial charge in [-0.25, -0.2) is 8.78 Å². The Hall–Kier alpha value is -2.90. The molecule has 1 heterocycles. The number of hydrogen-bond donors (Lipinski definition) is 0. The van der Waals surface area contributed by atoms with Crippen LogP contribution >= 0.6 is 0 Å². The first-order valence-electron chi connectivity index (χ1n) is 8.38. The lowest BCUT2D eigenvalue weighted by atomic mass is 9.80. The average molecular weight is 395 g/mol. The molecule has 1 aliphatic rings. The second-order valence-corrected chi connectivity index (χ2v) is 6.41. The molecule has 2 aromatic rings. The minimum absolute atomic E-state index is 0.0350. The fourth-order valence-electron chi connectivity index (χ4n) is 3.28. The molecule has 1 aromatic heterocycles. The van der Waals surface area contributed by atoms with Crippen molar-refractivity contribution in [1.29, 1.82) is 0 Å². The van der Waals surface area contributed by atoms with Gasteiger partial charge in [-0.1, -0.05) is 6.92 Å². The molecule has 0 radical (unpaired) electrons. The maximum Gasteiger partial charge on any atom is 0.416 e. The molecule has 0 amide bonds. The van der Waals surface area contributed by atoms with Crippen molar-refractivity contribution in [1.82, 2.24) is 4.98 Å². The molecule has 3 rings (SSSR count). The summed E-state index contributed by atoms with van der Waals surface area (Å²) in [6.07, 6.45) is -3.95. The van der Waals surface area contributed by atoms with Crippen molar-refractivity contribution >= 4 is 11.6 Å². The lowest BCUT2D eigenvalue weighted by molar-refractivity contribution is -0.138. The van der Waals surface area contributed by atoms with Gasteiger partial charge in [-0.05, 0) is 37.1 Å². The third kappa shape index (κ3) is 3.23. The molecule has 0 saturated heterocycles. The highest BCUT2D eigenvalue weighted by Gasteiger charge is 2.37. The summed E-state index contributed by atoms with van der Waals surface area (Å²) < 4.78 is 67.6. The molecule has 0 saturated carbocycles. The summed E-state index contributed by atoms with van der Waals surface area (Å²) in [5.41, 5.74) is -2.67. The number of ketones is 2. The van der Waals surface area contributed by atoms with Gasteiger partial charge in [-0.15, -0.1) is 0 Å². The predicted molar refractivity (Wildman–Crippen MR) is 90.0 cm³/mol. The first kappa shape index (κ1) is 19.9. The van der Waals surface area contributed by atoms with Crippen LogP contribution in [0.4, 0.5) is 22.0 Å². The monoisotopic (exact) mass is 395 g/mol. The van der Waals surface area contributed by atoms with Crippen molar-refractivity contribution in [2.75, 3.05) is 0 Å². The molecule has 28 heavy (non-hydrogen) atoms. The van der Waals surface area contributed by atoms with Gasteiger partial charge >= 0.3 is 6.18 Å². The van der Waals surface area contributed by atoms with Crippen molar-refractivity contribution in [3.63, 3.8) is 0 Å². The molecular weight excluding hydrogens is 381 g/mol. The highest BCUT2D eigenvalue weighted by Crippen LogP contribution is 2.35. The maximum atomic E-state index is 14.2. The average Bonchev–Trinajstić information content (AvgIpc) is 2.62. The zero-order valence-corrected chi connectivity index (χ0v) is 14.9. The number of rotatable bonds is 3. The van der Waals surface area contributed by atoms with Gasteiger partial charge < -0.3 is 0 Å². The molecule has 0 aliphatic heterocycles. The van der Waals surface area contributed by atoms with Crippen LogP contribution in [-0.4, -0.2) is 16.6 Å². The van der Waals surface area contributed by atoms with Crippen LogP contribution in [-0.2, 0) is 12.6 Å². The van der Waals surface area contributed by atoms with Crippen LogP contribution in [0.25, 0.3) is 0 Å². The molecule has 0 N–H and O–H groups in total. The van der Waals surface area contributed by atoms with Gasteiger partial charge in [0, 0.05) is 29.5 Å². The second-order valence-electron chi connectivity index (χ2n) is 6.41. The van der Waals surface area contributed by atoms with Crippen LogP contribution < -0.4 is 0 Å². The maximum absolute atomic E-state index is 14.2. The molecule has 0 atom stereocenters. The number of nitrogens with zero attached hydrogens (tertiary/aromatic N) is 1. The summed E-state index contributed by atoms with van der Waals surface area (Å²) in [5, 5.41) is 0. The molecular formula is C20H14F5NO2. The number of allylic oxidation sites excluding steroid dienone is 2. The Labute approximate surface area is 156 Å². The van der Waals surface area contributed by atoms with E-state index in [-0.39, 0.29) is 28.8 Å². The minimum Gasteiger partial charge on any atom is -0.289 e.